The van der Waals surface area contributed by atoms with Crippen LogP contribution in [-0.4, -0.2) is 67.7 Å². The largest absolute Gasteiger partial charge is 0.387 e. The molecule has 6 heteroatoms. The molecule has 0 aromatic rings. The Labute approximate surface area is 108 Å². The van der Waals surface area contributed by atoms with Gasteiger partial charge in [-0.25, -0.2) is 0 Å². The van der Waals surface area contributed by atoms with Gasteiger partial charge in [0.2, 0.25) is 0 Å². The van der Waals surface area contributed by atoms with Crippen molar-refractivity contribution in [1.82, 2.24) is 5.32 Å². The van der Waals surface area contributed by atoms with Crippen LogP contribution < -0.4 is 5.32 Å². The van der Waals surface area contributed by atoms with Crippen LogP contribution in [0.5, 0.6) is 0 Å². The summed E-state index contributed by atoms with van der Waals surface area (Å²) in [5.74, 6) is 0. The molecule has 0 aliphatic carbocycles. The van der Waals surface area contributed by atoms with E-state index in [9.17, 15) is 10.2 Å². The van der Waals surface area contributed by atoms with Gasteiger partial charge in [0.1, 0.15) is 18.3 Å². The molecular formula is C12H25NO5. The van der Waals surface area contributed by atoms with Gasteiger partial charge in [0.25, 0.3) is 0 Å². The smallest absolute Gasteiger partial charge is 0.186 e. The lowest BCUT2D eigenvalue weighted by atomic mass is 10.1. The molecule has 1 fully saturated rings. The number of ether oxygens (including phenoxy) is 3. The van der Waals surface area contributed by atoms with Crippen LogP contribution >= 0.6 is 0 Å². The van der Waals surface area contributed by atoms with E-state index in [0.717, 1.165) is 6.42 Å². The zero-order valence-corrected chi connectivity index (χ0v) is 11.3. The second-order valence-electron chi connectivity index (χ2n) is 4.61. The summed E-state index contributed by atoms with van der Waals surface area (Å²) in [7, 11) is 1.57. The van der Waals surface area contributed by atoms with Crippen LogP contribution in [0.25, 0.3) is 0 Å². The molecule has 1 aliphatic rings. The van der Waals surface area contributed by atoms with Crippen molar-refractivity contribution in [2.75, 3.05) is 26.9 Å². The summed E-state index contributed by atoms with van der Waals surface area (Å²) >= 11 is 0. The maximum absolute atomic E-state index is 9.84. The Morgan fingerprint density at radius 3 is 2.61 bits per heavy atom. The van der Waals surface area contributed by atoms with E-state index in [1.807, 2.05) is 0 Å². The lowest BCUT2D eigenvalue weighted by molar-refractivity contribution is -0.170. The van der Waals surface area contributed by atoms with Crippen LogP contribution in [-0.2, 0) is 14.2 Å². The Morgan fingerprint density at radius 2 is 2.00 bits per heavy atom. The van der Waals surface area contributed by atoms with Gasteiger partial charge in [0, 0.05) is 19.7 Å². The van der Waals surface area contributed by atoms with Gasteiger partial charge >= 0.3 is 0 Å². The van der Waals surface area contributed by atoms with Crippen molar-refractivity contribution in [2.24, 2.45) is 0 Å². The molecule has 1 unspecified atom stereocenters. The minimum absolute atomic E-state index is 0.330. The van der Waals surface area contributed by atoms with Crippen molar-refractivity contribution in [3.63, 3.8) is 0 Å². The molecule has 0 radical (unpaired) electrons. The molecule has 0 amide bonds. The quantitative estimate of drug-likeness (QED) is 0.512. The fourth-order valence-corrected chi connectivity index (χ4v) is 1.73. The van der Waals surface area contributed by atoms with Crippen LogP contribution in [0.15, 0.2) is 0 Å². The molecule has 3 N–H and O–H groups in total. The number of methoxy groups -OCH3 is 1. The topological polar surface area (TPSA) is 80.2 Å². The Hall–Kier alpha value is -0.240. The molecule has 18 heavy (non-hydrogen) atoms. The van der Waals surface area contributed by atoms with Crippen LogP contribution in [0, 0.1) is 0 Å². The van der Waals surface area contributed by atoms with Gasteiger partial charge in [0.15, 0.2) is 6.29 Å². The summed E-state index contributed by atoms with van der Waals surface area (Å²) in [4.78, 5) is 0. The van der Waals surface area contributed by atoms with E-state index in [0.29, 0.717) is 25.8 Å². The summed E-state index contributed by atoms with van der Waals surface area (Å²) in [5.41, 5.74) is 0. The lowest BCUT2D eigenvalue weighted by Gasteiger charge is -2.18. The van der Waals surface area contributed by atoms with Gasteiger partial charge in [-0.15, -0.1) is 0 Å². The van der Waals surface area contributed by atoms with E-state index in [2.05, 4.69) is 19.2 Å². The first-order valence-corrected chi connectivity index (χ1v) is 6.45. The molecule has 1 heterocycles. The van der Waals surface area contributed by atoms with Gasteiger partial charge in [-0.2, -0.15) is 0 Å². The number of hydrogen-bond donors (Lipinski definition) is 3. The van der Waals surface area contributed by atoms with Gasteiger partial charge in [0.05, 0.1) is 13.2 Å². The molecule has 6 nitrogen and oxygen atoms in total. The van der Waals surface area contributed by atoms with Gasteiger partial charge < -0.3 is 29.7 Å². The van der Waals surface area contributed by atoms with Crippen LogP contribution in [0.2, 0.25) is 0 Å². The fraction of sp³-hybridized carbons (Fsp3) is 1.00. The first kappa shape index (κ1) is 15.8. The van der Waals surface area contributed by atoms with E-state index < -0.39 is 24.6 Å². The van der Waals surface area contributed by atoms with Crippen LogP contribution in [0.4, 0.5) is 0 Å². The first-order chi connectivity index (χ1) is 8.60. The van der Waals surface area contributed by atoms with E-state index in [1.54, 1.807) is 7.11 Å². The van der Waals surface area contributed by atoms with Gasteiger partial charge in [-0.05, 0) is 13.3 Å². The van der Waals surface area contributed by atoms with E-state index in [-0.39, 0.29) is 0 Å². The monoisotopic (exact) mass is 263 g/mol. The highest BCUT2D eigenvalue weighted by atomic mass is 16.7. The average Bonchev–Trinajstić information content (AvgIpc) is 2.64. The van der Waals surface area contributed by atoms with Crippen molar-refractivity contribution in [3.8, 4) is 0 Å². The Balaban J connectivity index is 2.33. The second-order valence-corrected chi connectivity index (χ2v) is 4.61. The van der Waals surface area contributed by atoms with Crippen molar-refractivity contribution in [3.05, 3.63) is 0 Å². The highest BCUT2D eigenvalue weighted by Gasteiger charge is 2.43. The van der Waals surface area contributed by atoms with Crippen LogP contribution in [0.3, 0.4) is 0 Å². The molecule has 1 saturated heterocycles. The molecule has 0 aromatic heterocycles. The minimum Gasteiger partial charge on any atom is -0.387 e. The Morgan fingerprint density at radius 1 is 1.28 bits per heavy atom. The van der Waals surface area contributed by atoms with E-state index in [4.69, 9.17) is 14.2 Å². The van der Waals surface area contributed by atoms with E-state index in [1.165, 1.54) is 0 Å². The normalized spacial score (nSPS) is 33.8. The SMILES string of the molecule is CCC(C)NC[C@H]1O[C@H](OCCOC)[C@H](O)[C@@H]1O. The number of hydrogen-bond acceptors (Lipinski definition) is 6. The summed E-state index contributed by atoms with van der Waals surface area (Å²) in [6.45, 7) is 5.39. The van der Waals surface area contributed by atoms with Crippen molar-refractivity contribution >= 4 is 0 Å². The highest BCUT2D eigenvalue weighted by molar-refractivity contribution is 4.88. The third-order valence-corrected chi connectivity index (χ3v) is 3.17. The third kappa shape index (κ3) is 4.46. The maximum Gasteiger partial charge on any atom is 0.186 e. The predicted molar refractivity (Wildman–Crippen MR) is 66.3 cm³/mol. The highest BCUT2D eigenvalue weighted by Crippen LogP contribution is 2.21. The number of nitrogens with one attached hydrogen (secondary N) is 1. The van der Waals surface area contributed by atoms with Crippen molar-refractivity contribution in [2.45, 2.75) is 50.9 Å². The average molecular weight is 263 g/mol. The molecular weight excluding hydrogens is 238 g/mol. The lowest BCUT2D eigenvalue weighted by Crippen LogP contribution is -2.40. The zero-order chi connectivity index (χ0) is 13.5. The summed E-state index contributed by atoms with van der Waals surface area (Å²) in [6.07, 6.45) is -2.15. The molecule has 0 saturated carbocycles. The summed E-state index contributed by atoms with van der Waals surface area (Å²) in [5, 5.41) is 22.9. The van der Waals surface area contributed by atoms with Crippen molar-refractivity contribution < 1.29 is 24.4 Å². The second kappa shape index (κ2) is 8.04. The minimum atomic E-state index is -1.01. The van der Waals surface area contributed by atoms with Gasteiger partial charge in [-0.3, -0.25) is 0 Å². The molecule has 0 bridgehead atoms. The molecule has 5 atom stereocenters. The van der Waals surface area contributed by atoms with E-state index >= 15 is 0 Å². The number of rotatable bonds is 8. The van der Waals surface area contributed by atoms with Crippen molar-refractivity contribution in [1.29, 1.82) is 0 Å². The molecule has 0 spiro atoms. The Bertz CT molecular complexity index is 229. The Kier molecular flexibility index (Phi) is 7.06. The summed E-state index contributed by atoms with van der Waals surface area (Å²) < 4.78 is 15.6. The molecule has 0 aromatic carbocycles. The van der Waals surface area contributed by atoms with Crippen LogP contribution in [0.1, 0.15) is 20.3 Å². The first-order valence-electron chi connectivity index (χ1n) is 6.45. The number of aliphatic hydroxyl groups excluding tert-OH is 2. The fourth-order valence-electron chi connectivity index (χ4n) is 1.73. The third-order valence-electron chi connectivity index (χ3n) is 3.17. The number of aliphatic hydroxyl groups is 2. The molecule has 1 aliphatic heterocycles. The molecule has 108 valence electrons. The van der Waals surface area contributed by atoms with Gasteiger partial charge in [-0.1, -0.05) is 6.92 Å². The summed E-state index contributed by atoms with van der Waals surface area (Å²) in [6, 6.07) is 0.353. The maximum atomic E-state index is 9.84. The standard InChI is InChI=1S/C12H25NO5/c1-4-8(2)13-7-9-10(14)11(15)12(18-9)17-6-5-16-3/h8-15H,4-7H2,1-3H3/t8?,9-,10-,11-,12+/m1/s1. The molecule has 1 rings (SSSR count). The predicted octanol–water partition coefficient (Wildman–Crippen LogP) is -0.516. The zero-order valence-electron chi connectivity index (χ0n) is 11.3.